The van der Waals surface area contributed by atoms with Crippen molar-refractivity contribution in [1.82, 2.24) is 10.2 Å². The summed E-state index contributed by atoms with van der Waals surface area (Å²) in [5, 5.41) is 3.01. The molecule has 4 rings (SSSR count). The van der Waals surface area contributed by atoms with Gasteiger partial charge in [0, 0.05) is 38.4 Å². The number of nitrogens with zero attached hydrogens (tertiary/aromatic N) is 2. The number of ether oxygens (including phenoxy) is 2. The van der Waals surface area contributed by atoms with Crippen molar-refractivity contribution < 1.29 is 14.3 Å². The van der Waals surface area contributed by atoms with E-state index in [1.807, 2.05) is 23.1 Å². The number of amides is 2. The third-order valence-electron chi connectivity index (χ3n) is 5.36. The molecule has 1 saturated heterocycles. The summed E-state index contributed by atoms with van der Waals surface area (Å²) in [5.41, 5.74) is 4.90. The van der Waals surface area contributed by atoms with Crippen molar-refractivity contribution in [3.05, 3.63) is 53.1 Å². The van der Waals surface area contributed by atoms with E-state index in [-0.39, 0.29) is 12.8 Å². The number of nitrogens with one attached hydrogen (secondary N) is 1. The SMILES string of the molecule is Cc1cccc(N2CCN(C(=O)NCc3ccc4c(c3)OCO4)CC2)c1C. The van der Waals surface area contributed by atoms with E-state index in [2.05, 4.69) is 42.3 Å². The van der Waals surface area contributed by atoms with E-state index >= 15 is 0 Å². The Hall–Kier alpha value is -2.89. The molecule has 2 amide bonds. The molecular formula is C21H25N3O3. The van der Waals surface area contributed by atoms with Gasteiger partial charge in [-0.05, 0) is 48.7 Å². The summed E-state index contributed by atoms with van der Waals surface area (Å²) in [4.78, 5) is 16.8. The first-order valence-electron chi connectivity index (χ1n) is 9.34. The van der Waals surface area contributed by atoms with Gasteiger partial charge in [-0.15, -0.1) is 0 Å². The van der Waals surface area contributed by atoms with Crippen molar-refractivity contribution >= 4 is 11.7 Å². The molecule has 0 aliphatic carbocycles. The van der Waals surface area contributed by atoms with Gasteiger partial charge in [-0.25, -0.2) is 4.79 Å². The van der Waals surface area contributed by atoms with Crippen LogP contribution in [0.25, 0.3) is 0 Å². The molecule has 0 aromatic heterocycles. The van der Waals surface area contributed by atoms with Crippen LogP contribution in [0.3, 0.4) is 0 Å². The molecule has 2 aromatic carbocycles. The Morgan fingerprint density at radius 3 is 2.63 bits per heavy atom. The molecule has 6 nitrogen and oxygen atoms in total. The summed E-state index contributed by atoms with van der Waals surface area (Å²) in [6.45, 7) is 8.18. The van der Waals surface area contributed by atoms with Gasteiger partial charge in [-0.1, -0.05) is 18.2 Å². The molecule has 0 unspecified atom stereocenters. The fourth-order valence-corrected chi connectivity index (χ4v) is 3.57. The van der Waals surface area contributed by atoms with Crippen molar-refractivity contribution in [3.63, 3.8) is 0 Å². The molecule has 2 aliphatic heterocycles. The number of hydrogen-bond donors (Lipinski definition) is 1. The maximum atomic E-state index is 12.5. The number of benzene rings is 2. The molecule has 0 radical (unpaired) electrons. The van der Waals surface area contributed by atoms with Gasteiger partial charge < -0.3 is 24.6 Å². The Labute approximate surface area is 159 Å². The molecule has 0 spiro atoms. The Kier molecular flexibility index (Phi) is 4.79. The van der Waals surface area contributed by atoms with Crippen molar-refractivity contribution in [2.75, 3.05) is 37.9 Å². The average Bonchev–Trinajstić information content (AvgIpc) is 3.16. The van der Waals surface area contributed by atoms with E-state index in [0.717, 1.165) is 43.2 Å². The third kappa shape index (κ3) is 3.65. The van der Waals surface area contributed by atoms with E-state index in [9.17, 15) is 4.79 Å². The largest absolute Gasteiger partial charge is 0.454 e. The van der Waals surface area contributed by atoms with Crippen LogP contribution in [0.1, 0.15) is 16.7 Å². The summed E-state index contributed by atoms with van der Waals surface area (Å²) in [6, 6.07) is 12.1. The van der Waals surface area contributed by atoms with E-state index in [1.165, 1.54) is 16.8 Å². The van der Waals surface area contributed by atoms with Crippen molar-refractivity contribution in [2.24, 2.45) is 0 Å². The molecule has 2 aromatic rings. The van der Waals surface area contributed by atoms with Crippen molar-refractivity contribution in [3.8, 4) is 11.5 Å². The summed E-state index contributed by atoms with van der Waals surface area (Å²) >= 11 is 0. The molecule has 0 saturated carbocycles. The van der Waals surface area contributed by atoms with Gasteiger partial charge in [0.1, 0.15) is 0 Å². The number of hydrogen-bond acceptors (Lipinski definition) is 4. The minimum absolute atomic E-state index is 0.0201. The van der Waals surface area contributed by atoms with E-state index in [1.54, 1.807) is 0 Å². The number of urea groups is 1. The molecular weight excluding hydrogens is 342 g/mol. The van der Waals surface area contributed by atoms with E-state index in [4.69, 9.17) is 9.47 Å². The monoisotopic (exact) mass is 367 g/mol. The van der Waals surface area contributed by atoms with E-state index in [0.29, 0.717) is 6.54 Å². The number of anilines is 1. The van der Waals surface area contributed by atoms with Crippen LogP contribution in [0.5, 0.6) is 11.5 Å². The van der Waals surface area contributed by atoms with Gasteiger partial charge >= 0.3 is 6.03 Å². The molecule has 0 atom stereocenters. The highest BCUT2D eigenvalue weighted by Gasteiger charge is 2.22. The molecule has 0 bridgehead atoms. The quantitative estimate of drug-likeness (QED) is 0.906. The molecule has 2 heterocycles. The Morgan fingerprint density at radius 2 is 1.81 bits per heavy atom. The number of carbonyl (C=O) groups is 1. The van der Waals surface area contributed by atoms with Crippen LogP contribution >= 0.6 is 0 Å². The van der Waals surface area contributed by atoms with Crippen LogP contribution in [-0.4, -0.2) is 43.9 Å². The zero-order valence-corrected chi connectivity index (χ0v) is 15.8. The van der Waals surface area contributed by atoms with Crippen LogP contribution in [0, 0.1) is 13.8 Å². The number of rotatable bonds is 3. The number of piperazine rings is 1. The average molecular weight is 367 g/mol. The summed E-state index contributed by atoms with van der Waals surface area (Å²) in [7, 11) is 0. The molecule has 6 heteroatoms. The second kappa shape index (κ2) is 7.39. The smallest absolute Gasteiger partial charge is 0.317 e. The molecule has 1 N–H and O–H groups in total. The fourth-order valence-electron chi connectivity index (χ4n) is 3.57. The van der Waals surface area contributed by atoms with Crippen LogP contribution in [0.15, 0.2) is 36.4 Å². The Balaban J connectivity index is 1.30. The van der Waals surface area contributed by atoms with Crippen LogP contribution < -0.4 is 19.7 Å². The topological polar surface area (TPSA) is 54.0 Å². The van der Waals surface area contributed by atoms with Crippen LogP contribution in [0.4, 0.5) is 10.5 Å². The highest BCUT2D eigenvalue weighted by Crippen LogP contribution is 2.32. The van der Waals surface area contributed by atoms with Crippen LogP contribution in [-0.2, 0) is 6.54 Å². The lowest BCUT2D eigenvalue weighted by Gasteiger charge is -2.37. The third-order valence-corrected chi connectivity index (χ3v) is 5.36. The van der Waals surface area contributed by atoms with Gasteiger partial charge in [-0.3, -0.25) is 0 Å². The minimum atomic E-state index is -0.0201. The van der Waals surface area contributed by atoms with Gasteiger partial charge in [-0.2, -0.15) is 0 Å². The predicted octanol–water partition coefficient (Wildman–Crippen LogP) is 3.06. The van der Waals surface area contributed by atoms with E-state index < -0.39 is 0 Å². The van der Waals surface area contributed by atoms with Gasteiger partial charge in [0.2, 0.25) is 6.79 Å². The zero-order chi connectivity index (χ0) is 18.8. The van der Waals surface area contributed by atoms with Gasteiger partial charge in [0.25, 0.3) is 0 Å². The Morgan fingerprint density at radius 1 is 1.04 bits per heavy atom. The first kappa shape index (κ1) is 17.5. The second-order valence-electron chi connectivity index (χ2n) is 7.04. The zero-order valence-electron chi connectivity index (χ0n) is 15.8. The van der Waals surface area contributed by atoms with Crippen molar-refractivity contribution in [2.45, 2.75) is 20.4 Å². The van der Waals surface area contributed by atoms with Crippen LogP contribution in [0.2, 0.25) is 0 Å². The Bertz CT molecular complexity index is 845. The maximum absolute atomic E-state index is 12.5. The standard InChI is InChI=1S/C21H25N3O3/c1-15-4-3-5-18(16(15)2)23-8-10-24(11-9-23)21(25)22-13-17-6-7-19-20(12-17)27-14-26-19/h3-7,12H,8-11,13-14H2,1-2H3,(H,22,25). The summed E-state index contributed by atoms with van der Waals surface area (Å²) in [6.07, 6.45) is 0. The lowest BCUT2D eigenvalue weighted by Crippen LogP contribution is -2.51. The molecule has 142 valence electrons. The normalized spacial score (nSPS) is 15.8. The molecule has 1 fully saturated rings. The number of fused-ring (bicyclic) bond motifs is 1. The summed E-state index contributed by atoms with van der Waals surface area (Å²) in [5.74, 6) is 1.50. The van der Waals surface area contributed by atoms with Gasteiger partial charge in [0.15, 0.2) is 11.5 Å². The number of carbonyl (C=O) groups excluding carboxylic acids is 1. The minimum Gasteiger partial charge on any atom is -0.454 e. The fraction of sp³-hybridized carbons (Fsp3) is 0.381. The first-order chi connectivity index (χ1) is 13.1. The predicted molar refractivity (Wildman–Crippen MR) is 105 cm³/mol. The molecule has 2 aliphatic rings. The number of aryl methyl sites for hydroxylation is 1. The highest BCUT2D eigenvalue weighted by molar-refractivity contribution is 5.74. The lowest BCUT2D eigenvalue weighted by molar-refractivity contribution is 0.174. The lowest BCUT2D eigenvalue weighted by atomic mass is 10.1. The highest BCUT2D eigenvalue weighted by atomic mass is 16.7. The summed E-state index contributed by atoms with van der Waals surface area (Å²) < 4.78 is 10.7. The second-order valence-corrected chi connectivity index (χ2v) is 7.04. The molecule has 27 heavy (non-hydrogen) atoms. The van der Waals surface area contributed by atoms with Gasteiger partial charge in [0.05, 0.1) is 0 Å². The first-order valence-corrected chi connectivity index (χ1v) is 9.34. The maximum Gasteiger partial charge on any atom is 0.317 e. The van der Waals surface area contributed by atoms with Crippen molar-refractivity contribution in [1.29, 1.82) is 0 Å².